The number of aromatic nitrogens is 1. The van der Waals surface area contributed by atoms with Gasteiger partial charge in [0.1, 0.15) is 5.75 Å². The molecule has 0 spiro atoms. The molecule has 3 nitrogen and oxygen atoms in total. The van der Waals surface area contributed by atoms with Gasteiger partial charge in [0, 0.05) is 11.6 Å². The number of fused-ring (bicyclic) bond motifs is 1. The van der Waals surface area contributed by atoms with Crippen LogP contribution in [0.5, 0.6) is 5.75 Å². The Labute approximate surface area is 123 Å². The summed E-state index contributed by atoms with van der Waals surface area (Å²) in [6, 6.07) is 4.06. The van der Waals surface area contributed by atoms with Crippen molar-refractivity contribution in [2.45, 2.75) is 33.1 Å². The molecule has 0 aliphatic rings. The summed E-state index contributed by atoms with van der Waals surface area (Å²) in [5, 5.41) is 1.05. The van der Waals surface area contributed by atoms with E-state index in [9.17, 15) is 4.79 Å². The van der Waals surface area contributed by atoms with Gasteiger partial charge in [-0.15, -0.1) is 11.8 Å². The zero-order valence-electron chi connectivity index (χ0n) is 12.5. The van der Waals surface area contributed by atoms with Crippen LogP contribution >= 0.6 is 11.8 Å². The van der Waals surface area contributed by atoms with E-state index in [1.807, 2.05) is 39.3 Å². The first-order chi connectivity index (χ1) is 9.43. The second-order valence-electron chi connectivity index (χ2n) is 5.01. The number of benzene rings is 1. The quantitative estimate of drug-likeness (QED) is 0.802. The van der Waals surface area contributed by atoms with Gasteiger partial charge in [0.05, 0.1) is 5.52 Å². The number of aryl methyl sites for hydroxylation is 2. The number of nitrogens with zero attached hydrogens (tertiary/aromatic N) is 1. The van der Waals surface area contributed by atoms with Crippen molar-refractivity contribution >= 4 is 28.4 Å². The average molecular weight is 289 g/mol. The van der Waals surface area contributed by atoms with Gasteiger partial charge >= 0.3 is 0 Å². The van der Waals surface area contributed by atoms with Crippen LogP contribution in [0.4, 0.5) is 0 Å². The number of hydrogen-bond donors (Lipinski definition) is 0. The normalized spacial score (nSPS) is 12.4. The van der Waals surface area contributed by atoms with Gasteiger partial charge in [0.25, 0.3) is 0 Å². The average Bonchev–Trinajstić information content (AvgIpc) is 2.40. The number of hydrogen-bond acceptors (Lipinski definition) is 4. The number of ketones is 1. The van der Waals surface area contributed by atoms with Gasteiger partial charge in [-0.05, 0) is 62.8 Å². The predicted molar refractivity (Wildman–Crippen MR) is 84.6 cm³/mol. The van der Waals surface area contributed by atoms with E-state index in [1.165, 1.54) is 11.8 Å². The van der Waals surface area contributed by atoms with Gasteiger partial charge in [0.2, 0.25) is 5.44 Å². The fraction of sp³-hybridized carbons (Fsp3) is 0.375. The Hall–Kier alpha value is -1.55. The van der Waals surface area contributed by atoms with Crippen LogP contribution < -0.4 is 4.74 Å². The highest BCUT2D eigenvalue weighted by atomic mass is 32.2. The molecule has 1 unspecified atom stereocenters. The van der Waals surface area contributed by atoms with Crippen molar-refractivity contribution in [3.63, 3.8) is 0 Å². The minimum Gasteiger partial charge on any atom is -0.472 e. The number of thioether (sulfide) groups is 1. The molecule has 0 aliphatic carbocycles. The fourth-order valence-corrected chi connectivity index (χ4v) is 2.69. The molecule has 0 fully saturated rings. The lowest BCUT2D eigenvalue weighted by atomic mass is 10.0. The number of ether oxygens (including phenoxy) is 1. The summed E-state index contributed by atoms with van der Waals surface area (Å²) >= 11 is 1.41. The Morgan fingerprint density at radius 2 is 1.95 bits per heavy atom. The van der Waals surface area contributed by atoms with Crippen LogP contribution in [0.15, 0.2) is 18.3 Å². The SMILES string of the molecule is CSC(Oc1cc2cc(C)cnc2c(C)c1C)C(C)=O. The van der Waals surface area contributed by atoms with E-state index < -0.39 is 5.44 Å². The van der Waals surface area contributed by atoms with E-state index in [2.05, 4.69) is 11.1 Å². The molecule has 1 aromatic carbocycles. The lowest BCUT2D eigenvalue weighted by Crippen LogP contribution is -2.21. The molecule has 1 aromatic heterocycles. The number of carbonyl (C=O) groups excluding carboxylic acids is 1. The van der Waals surface area contributed by atoms with E-state index in [0.717, 1.165) is 33.3 Å². The third-order valence-electron chi connectivity index (χ3n) is 3.41. The number of carbonyl (C=O) groups is 1. The molecule has 0 amide bonds. The highest BCUT2D eigenvalue weighted by Gasteiger charge is 2.17. The number of rotatable bonds is 4. The zero-order chi connectivity index (χ0) is 14.9. The van der Waals surface area contributed by atoms with E-state index in [-0.39, 0.29) is 5.78 Å². The molecule has 2 aromatic rings. The Bertz CT molecular complexity index is 667. The molecule has 0 radical (unpaired) electrons. The molecular weight excluding hydrogens is 270 g/mol. The third-order valence-corrected chi connectivity index (χ3v) is 4.26. The molecular formula is C16H19NO2S. The Balaban J connectivity index is 2.53. The summed E-state index contributed by atoms with van der Waals surface area (Å²) in [4.78, 5) is 16.0. The molecule has 0 saturated heterocycles. The van der Waals surface area contributed by atoms with E-state index in [1.54, 1.807) is 6.92 Å². The molecule has 0 N–H and O–H groups in total. The van der Waals surface area contributed by atoms with Crippen LogP contribution in [0.25, 0.3) is 10.9 Å². The molecule has 106 valence electrons. The zero-order valence-corrected chi connectivity index (χ0v) is 13.3. The first kappa shape index (κ1) is 14.9. The lowest BCUT2D eigenvalue weighted by molar-refractivity contribution is -0.120. The van der Waals surface area contributed by atoms with Crippen LogP contribution in [-0.2, 0) is 4.79 Å². The van der Waals surface area contributed by atoms with Crippen molar-refractivity contribution in [2.24, 2.45) is 0 Å². The fourth-order valence-electron chi connectivity index (χ4n) is 2.16. The summed E-state index contributed by atoms with van der Waals surface area (Å²) in [6.07, 6.45) is 3.75. The van der Waals surface area contributed by atoms with Gasteiger partial charge in [0.15, 0.2) is 5.78 Å². The monoisotopic (exact) mass is 289 g/mol. The van der Waals surface area contributed by atoms with Crippen molar-refractivity contribution in [3.05, 3.63) is 35.0 Å². The van der Waals surface area contributed by atoms with E-state index >= 15 is 0 Å². The summed E-state index contributed by atoms with van der Waals surface area (Å²) in [6.45, 7) is 7.61. The Morgan fingerprint density at radius 1 is 1.25 bits per heavy atom. The minimum atomic E-state index is -0.455. The van der Waals surface area contributed by atoms with Crippen molar-refractivity contribution in [2.75, 3.05) is 6.26 Å². The maximum Gasteiger partial charge on any atom is 0.202 e. The topological polar surface area (TPSA) is 39.2 Å². The Kier molecular flexibility index (Phi) is 4.33. The molecule has 0 saturated carbocycles. The van der Waals surface area contributed by atoms with E-state index in [0.29, 0.717) is 0 Å². The Morgan fingerprint density at radius 3 is 2.55 bits per heavy atom. The molecule has 4 heteroatoms. The summed E-state index contributed by atoms with van der Waals surface area (Å²) in [5.41, 5.74) is 3.78. The van der Waals surface area contributed by atoms with Crippen LogP contribution in [0.2, 0.25) is 0 Å². The van der Waals surface area contributed by atoms with Crippen molar-refractivity contribution in [1.29, 1.82) is 0 Å². The summed E-state index contributed by atoms with van der Waals surface area (Å²) < 4.78 is 5.87. The molecule has 1 heterocycles. The van der Waals surface area contributed by atoms with Crippen LogP contribution in [0.3, 0.4) is 0 Å². The molecule has 20 heavy (non-hydrogen) atoms. The van der Waals surface area contributed by atoms with Crippen molar-refractivity contribution in [1.82, 2.24) is 4.98 Å². The number of pyridine rings is 1. The largest absolute Gasteiger partial charge is 0.472 e. The van der Waals surface area contributed by atoms with Gasteiger partial charge in [-0.3, -0.25) is 9.78 Å². The predicted octanol–water partition coefficient (Wildman–Crippen LogP) is 3.82. The summed E-state index contributed by atoms with van der Waals surface area (Å²) in [7, 11) is 0. The van der Waals surface area contributed by atoms with Gasteiger partial charge in [-0.2, -0.15) is 0 Å². The standard InChI is InChI=1S/C16H19NO2S/c1-9-6-13-7-14(19-16(20-5)12(4)18)10(2)11(3)15(13)17-8-9/h6-8,16H,1-5H3. The van der Waals surface area contributed by atoms with Gasteiger partial charge < -0.3 is 4.74 Å². The van der Waals surface area contributed by atoms with Gasteiger partial charge in [-0.25, -0.2) is 0 Å². The third kappa shape index (κ3) is 2.80. The maximum atomic E-state index is 11.5. The van der Waals surface area contributed by atoms with Crippen LogP contribution in [0.1, 0.15) is 23.6 Å². The van der Waals surface area contributed by atoms with Crippen molar-refractivity contribution < 1.29 is 9.53 Å². The molecule has 0 aliphatic heterocycles. The highest BCUT2D eigenvalue weighted by molar-refractivity contribution is 7.99. The minimum absolute atomic E-state index is 0.0250. The van der Waals surface area contributed by atoms with Crippen LogP contribution in [-0.4, -0.2) is 22.5 Å². The van der Waals surface area contributed by atoms with Gasteiger partial charge in [-0.1, -0.05) is 0 Å². The summed E-state index contributed by atoms with van der Waals surface area (Å²) in [5.74, 6) is 0.786. The number of Topliss-reactive ketones (excluding diaryl/α,β-unsaturated/α-hetero) is 1. The van der Waals surface area contributed by atoms with Crippen molar-refractivity contribution in [3.8, 4) is 5.75 Å². The lowest BCUT2D eigenvalue weighted by Gasteiger charge is -2.18. The first-order valence-corrected chi connectivity index (χ1v) is 7.79. The molecule has 1 atom stereocenters. The van der Waals surface area contributed by atoms with Crippen LogP contribution in [0, 0.1) is 20.8 Å². The highest BCUT2D eigenvalue weighted by Crippen LogP contribution is 2.31. The smallest absolute Gasteiger partial charge is 0.202 e. The first-order valence-electron chi connectivity index (χ1n) is 6.50. The molecule has 2 rings (SSSR count). The van der Waals surface area contributed by atoms with E-state index in [4.69, 9.17) is 4.74 Å². The maximum absolute atomic E-state index is 11.5. The molecule has 0 bridgehead atoms. The second-order valence-corrected chi connectivity index (χ2v) is 5.90. The second kappa shape index (κ2) is 5.83.